The van der Waals surface area contributed by atoms with Crippen molar-refractivity contribution in [2.24, 2.45) is 0 Å². The topological polar surface area (TPSA) is 17.1 Å². The van der Waals surface area contributed by atoms with Crippen molar-refractivity contribution in [2.75, 3.05) is 0 Å². The molecule has 0 aliphatic carbocycles. The molecule has 1 atom stereocenters. The predicted octanol–water partition coefficient (Wildman–Crippen LogP) is 3.96. The first-order valence-electron chi connectivity index (χ1n) is 4.89. The van der Waals surface area contributed by atoms with Crippen LogP contribution in [0.25, 0.3) is 0 Å². The summed E-state index contributed by atoms with van der Waals surface area (Å²) in [6.45, 7) is 9.90. The molecule has 0 aromatic heterocycles. The van der Waals surface area contributed by atoms with Crippen LogP contribution < -0.4 is 0 Å². The van der Waals surface area contributed by atoms with Crippen molar-refractivity contribution in [3.05, 3.63) is 23.3 Å². The van der Waals surface area contributed by atoms with E-state index in [2.05, 4.69) is 32.9 Å². The quantitative estimate of drug-likeness (QED) is 0.656. The van der Waals surface area contributed by atoms with Gasteiger partial charge < -0.3 is 0 Å². The van der Waals surface area contributed by atoms with E-state index in [1.165, 1.54) is 22.9 Å². The van der Waals surface area contributed by atoms with Gasteiger partial charge in [-0.25, -0.2) is 0 Å². The fourth-order valence-corrected chi connectivity index (χ4v) is 2.27. The van der Waals surface area contributed by atoms with Gasteiger partial charge in [0.2, 0.25) is 0 Å². The van der Waals surface area contributed by atoms with Gasteiger partial charge in [0.1, 0.15) is 0 Å². The minimum atomic E-state index is 0.191. The first-order chi connectivity index (χ1) is 6.45. The maximum Gasteiger partial charge on any atom is 0.186 e. The third-order valence-electron chi connectivity index (χ3n) is 1.85. The fourth-order valence-electron chi connectivity index (χ4n) is 1.15. The third-order valence-corrected chi connectivity index (χ3v) is 2.79. The molecule has 0 spiro atoms. The van der Waals surface area contributed by atoms with Gasteiger partial charge in [-0.15, -0.1) is 0 Å². The van der Waals surface area contributed by atoms with Gasteiger partial charge in [0.25, 0.3) is 0 Å². The maximum absolute atomic E-state index is 11.0. The average molecular weight is 212 g/mol. The molecule has 14 heavy (non-hydrogen) atoms. The molecule has 0 aliphatic heterocycles. The molecule has 80 valence electrons. The SMILES string of the molecule is CC=C(C)CC(C=C(C)C)SC(C)=O. The number of thioether (sulfide) groups is 1. The van der Waals surface area contributed by atoms with Crippen LogP contribution in [0.5, 0.6) is 0 Å². The minimum absolute atomic E-state index is 0.191. The Hall–Kier alpha value is -0.500. The van der Waals surface area contributed by atoms with Crippen LogP contribution in [0.15, 0.2) is 23.3 Å². The normalized spacial score (nSPS) is 13.6. The summed E-state index contributed by atoms with van der Waals surface area (Å²) < 4.78 is 0. The summed E-state index contributed by atoms with van der Waals surface area (Å²) in [5.74, 6) is 0. The molecule has 0 aromatic carbocycles. The standard InChI is InChI=1S/C12H20OS/c1-6-10(4)8-12(7-9(2)3)14-11(5)13/h6-7,12H,8H2,1-5H3. The summed E-state index contributed by atoms with van der Waals surface area (Å²) in [5, 5.41) is 0.491. The second kappa shape index (κ2) is 6.88. The van der Waals surface area contributed by atoms with Crippen LogP contribution in [-0.4, -0.2) is 10.4 Å². The molecule has 2 heteroatoms. The highest BCUT2D eigenvalue weighted by Gasteiger charge is 2.09. The van der Waals surface area contributed by atoms with Gasteiger partial charge in [-0.3, -0.25) is 4.79 Å². The van der Waals surface area contributed by atoms with E-state index in [0.717, 1.165) is 6.42 Å². The highest BCUT2D eigenvalue weighted by atomic mass is 32.2. The number of rotatable bonds is 4. The molecule has 1 unspecified atom stereocenters. The molecule has 0 saturated carbocycles. The zero-order chi connectivity index (χ0) is 11.1. The van der Waals surface area contributed by atoms with Crippen molar-refractivity contribution in [3.8, 4) is 0 Å². The lowest BCUT2D eigenvalue weighted by Crippen LogP contribution is -2.03. The summed E-state index contributed by atoms with van der Waals surface area (Å²) in [4.78, 5) is 11.0. The van der Waals surface area contributed by atoms with Crippen LogP contribution in [0.4, 0.5) is 0 Å². The Bertz CT molecular complexity index is 247. The van der Waals surface area contributed by atoms with E-state index >= 15 is 0 Å². The van der Waals surface area contributed by atoms with E-state index in [1.807, 2.05) is 6.92 Å². The van der Waals surface area contributed by atoms with Gasteiger partial charge in [-0.1, -0.05) is 35.1 Å². The number of carbonyl (C=O) groups excluding carboxylic acids is 1. The molecule has 0 radical (unpaired) electrons. The number of carbonyl (C=O) groups is 1. The Kier molecular flexibility index (Phi) is 6.64. The number of hydrogen-bond donors (Lipinski definition) is 0. The largest absolute Gasteiger partial charge is 0.288 e. The summed E-state index contributed by atoms with van der Waals surface area (Å²) in [6.07, 6.45) is 5.23. The fraction of sp³-hybridized carbons (Fsp3) is 0.583. The second-order valence-corrected chi connectivity index (χ2v) is 5.15. The van der Waals surface area contributed by atoms with Crippen LogP contribution in [0.2, 0.25) is 0 Å². The summed E-state index contributed by atoms with van der Waals surface area (Å²) in [5.41, 5.74) is 2.61. The molecule has 0 aromatic rings. The average Bonchev–Trinajstić information content (AvgIpc) is 2.01. The Balaban J connectivity index is 4.40. The first-order valence-corrected chi connectivity index (χ1v) is 5.77. The number of hydrogen-bond acceptors (Lipinski definition) is 2. The van der Waals surface area contributed by atoms with E-state index in [1.54, 1.807) is 6.92 Å². The maximum atomic E-state index is 11.0. The Morgan fingerprint density at radius 3 is 2.21 bits per heavy atom. The van der Waals surface area contributed by atoms with Crippen LogP contribution in [0, 0.1) is 0 Å². The van der Waals surface area contributed by atoms with Crippen molar-refractivity contribution >= 4 is 16.9 Å². The molecule has 0 bridgehead atoms. The van der Waals surface area contributed by atoms with Crippen LogP contribution >= 0.6 is 11.8 Å². The molecule has 0 aliphatic rings. The van der Waals surface area contributed by atoms with E-state index in [9.17, 15) is 4.79 Å². The summed E-state index contributed by atoms with van der Waals surface area (Å²) in [6, 6.07) is 0. The Labute approximate surface area is 91.7 Å². The Morgan fingerprint density at radius 1 is 1.29 bits per heavy atom. The monoisotopic (exact) mass is 212 g/mol. The molecular formula is C12H20OS. The lowest BCUT2D eigenvalue weighted by atomic mass is 10.1. The van der Waals surface area contributed by atoms with Crippen molar-refractivity contribution in [3.63, 3.8) is 0 Å². The van der Waals surface area contributed by atoms with E-state index in [0.29, 0.717) is 5.25 Å². The minimum Gasteiger partial charge on any atom is -0.288 e. The van der Waals surface area contributed by atoms with Gasteiger partial charge in [0.05, 0.1) is 0 Å². The van der Waals surface area contributed by atoms with E-state index < -0.39 is 0 Å². The molecule has 1 nitrogen and oxygen atoms in total. The zero-order valence-corrected chi connectivity index (χ0v) is 10.6. The Morgan fingerprint density at radius 2 is 1.86 bits per heavy atom. The van der Waals surface area contributed by atoms with Crippen molar-refractivity contribution < 1.29 is 4.79 Å². The van der Waals surface area contributed by atoms with E-state index in [-0.39, 0.29) is 5.12 Å². The highest BCUT2D eigenvalue weighted by Crippen LogP contribution is 2.22. The smallest absolute Gasteiger partial charge is 0.186 e. The lowest BCUT2D eigenvalue weighted by molar-refractivity contribution is -0.109. The molecular weight excluding hydrogens is 192 g/mol. The van der Waals surface area contributed by atoms with Gasteiger partial charge in [0.15, 0.2) is 5.12 Å². The molecule has 0 N–H and O–H groups in total. The second-order valence-electron chi connectivity index (χ2n) is 3.73. The van der Waals surface area contributed by atoms with Crippen LogP contribution in [0.1, 0.15) is 41.0 Å². The third kappa shape index (κ3) is 6.96. The highest BCUT2D eigenvalue weighted by molar-refractivity contribution is 8.14. The van der Waals surface area contributed by atoms with Gasteiger partial charge >= 0.3 is 0 Å². The van der Waals surface area contributed by atoms with Gasteiger partial charge in [-0.2, -0.15) is 0 Å². The van der Waals surface area contributed by atoms with Crippen molar-refractivity contribution in [1.29, 1.82) is 0 Å². The van der Waals surface area contributed by atoms with Gasteiger partial charge in [0, 0.05) is 12.2 Å². The van der Waals surface area contributed by atoms with Gasteiger partial charge in [-0.05, 0) is 34.1 Å². The van der Waals surface area contributed by atoms with Crippen molar-refractivity contribution in [2.45, 2.75) is 46.3 Å². The van der Waals surface area contributed by atoms with Crippen LogP contribution in [-0.2, 0) is 4.79 Å². The summed E-state index contributed by atoms with van der Waals surface area (Å²) in [7, 11) is 0. The number of allylic oxidation sites excluding steroid dienone is 3. The predicted molar refractivity (Wildman–Crippen MR) is 65.5 cm³/mol. The molecule has 0 fully saturated rings. The van der Waals surface area contributed by atoms with Crippen LogP contribution in [0.3, 0.4) is 0 Å². The lowest BCUT2D eigenvalue weighted by Gasteiger charge is -2.11. The molecule has 0 heterocycles. The molecule has 0 amide bonds. The molecule has 0 saturated heterocycles. The summed E-state index contributed by atoms with van der Waals surface area (Å²) >= 11 is 1.42. The zero-order valence-electron chi connectivity index (χ0n) is 9.76. The van der Waals surface area contributed by atoms with E-state index in [4.69, 9.17) is 0 Å². The molecule has 0 rings (SSSR count). The first kappa shape index (κ1) is 13.5. The van der Waals surface area contributed by atoms with Crippen molar-refractivity contribution in [1.82, 2.24) is 0 Å².